The number of amides is 1. The summed E-state index contributed by atoms with van der Waals surface area (Å²) in [6, 6.07) is 11.0. The Balaban J connectivity index is 1.66. The van der Waals surface area contributed by atoms with E-state index in [1.165, 1.54) is 36.6 Å². The first-order valence-electron chi connectivity index (χ1n) is 8.50. The zero-order valence-corrected chi connectivity index (χ0v) is 15.8. The number of benzene rings is 2. The fourth-order valence-electron chi connectivity index (χ4n) is 2.87. The minimum atomic E-state index is -2.86. The van der Waals surface area contributed by atoms with Gasteiger partial charge in [-0.15, -0.1) is 11.3 Å². The monoisotopic (exact) mass is 409 g/mol. The Labute approximate surface area is 163 Å². The van der Waals surface area contributed by atoms with Gasteiger partial charge in [-0.25, -0.2) is 4.39 Å². The van der Waals surface area contributed by atoms with E-state index < -0.39 is 6.61 Å². The SMILES string of the molecule is COCc1c(C(=O)NCCc2ccc(OC(F)F)cc2)sc2cccc(F)c12. The number of methoxy groups -OCH3 is 1. The second-order valence-corrected chi connectivity index (χ2v) is 7.04. The highest BCUT2D eigenvalue weighted by molar-refractivity contribution is 7.21. The molecule has 0 aliphatic carbocycles. The molecule has 0 fully saturated rings. The summed E-state index contributed by atoms with van der Waals surface area (Å²) >= 11 is 1.22. The molecule has 0 bridgehead atoms. The van der Waals surface area contributed by atoms with Crippen LogP contribution < -0.4 is 10.1 Å². The topological polar surface area (TPSA) is 47.6 Å². The molecule has 4 nitrogen and oxygen atoms in total. The summed E-state index contributed by atoms with van der Waals surface area (Å²) in [6.07, 6.45) is 0.513. The summed E-state index contributed by atoms with van der Waals surface area (Å²) in [6.45, 7) is -2.38. The molecule has 0 spiro atoms. The summed E-state index contributed by atoms with van der Waals surface area (Å²) in [5.74, 6) is -0.601. The number of hydrogen-bond acceptors (Lipinski definition) is 4. The number of carbonyl (C=O) groups is 1. The van der Waals surface area contributed by atoms with Crippen LogP contribution in [0.3, 0.4) is 0 Å². The Morgan fingerprint density at radius 3 is 2.61 bits per heavy atom. The fourth-order valence-corrected chi connectivity index (χ4v) is 4.01. The van der Waals surface area contributed by atoms with Crippen molar-refractivity contribution < 1.29 is 27.4 Å². The second-order valence-electron chi connectivity index (χ2n) is 5.98. The van der Waals surface area contributed by atoms with Crippen molar-refractivity contribution in [1.29, 1.82) is 0 Å². The molecular weight excluding hydrogens is 391 g/mol. The van der Waals surface area contributed by atoms with E-state index in [2.05, 4.69) is 10.1 Å². The van der Waals surface area contributed by atoms with Crippen LogP contribution in [0, 0.1) is 5.82 Å². The lowest BCUT2D eigenvalue weighted by Gasteiger charge is -2.08. The van der Waals surface area contributed by atoms with Gasteiger partial charge in [-0.05, 0) is 36.2 Å². The lowest BCUT2D eigenvalue weighted by Crippen LogP contribution is -2.25. The van der Waals surface area contributed by atoms with E-state index in [0.717, 1.165) is 5.56 Å². The molecule has 0 atom stereocenters. The fraction of sp³-hybridized carbons (Fsp3) is 0.250. The summed E-state index contributed by atoms with van der Waals surface area (Å²) < 4.78 is 48.7. The van der Waals surface area contributed by atoms with Crippen LogP contribution in [0.5, 0.6) is 5.75 Å². The van der Waals surface area contributed by atoms with E-state index in [0.29, 0.717) is 33.5 Å². The van der Waals surface area contributed by atoms with Gasteiger partial charge in [-0.2, -0.15) is 8.78 Å². The summed E-state index contributed by atoms with van der Waals surface area (Å²) in [5, 5.41) is 3.23. The zero-order chi connectivity index (χ0) is 20.1. The van der Waals surface area contributed by atoms with E-state index in [1.807, 2.05) is 0 Å². The molecule has 1 aromatic heterocycles. The quantitative estimate of drug-likeness (QED) is 0.584. The number of nitrogens with one attached hydrogen (secondary N) is 1. The molecule has 0 saturated heterocycles. The number of halogens is 3. The summed E-state index contributed by atoms with van der Waals surface area (Å²) in [5.41, 5.74) is 1.40. The number of carbonyl (C=O) groups excluding carboxylic acids is 1. The third-order valence-electron chi connectivity index (χ3n) is 4.11. The van der Waals surface area contributed by atoms with Gasteiger partial charge in [0.15, 0.2) is 0 Å². The van der Waals surface area contributed by atoms with Crippen LogP contribution in [-0.2, 0) is 17.8 Å². The highest BCUT2D eigenvalue weighted by Crippen LogP contribution is 2.33. The molecule has 0 unspecified atom stereocenters. The van der Waals surface area contributed by atoms with Gasteiger partial charge >= 0.3 is 6.61 Å². The first kappa shape index (κ1) is 20.2. The molecule has 3 rings (SSSR count). The van der Waals surface area contributed by atoms with E-state index in [-0.39, 0.29) is 24.1 Å². The van der Waals surface area contributed by atoms with Gasteiger partial charge in [0.1, 0.15) is 11.6 Å². The molecule has 148 valence electrons. The van der Waals surface area contributed by atoms with Gasteiger partial charge in [0.05, 0.1) is 11.5 Å². The van der Waals surface area contributed by atoms with Crippen molar-refractivity contribution in [2.45, 2.75) is 19.6 Å². The molecule has 1 heterocycles. The summed E-state index contributed by atoms with van der Waals surface area (Å²) in [4.78, 5) is 13.0. The predicted molar refractivity (Wildman–Crippen MR) is 102 cm³/mol. The Kier molecular flexibility index (Phi) is 6.53. The minimum absolute atomic E-state index is 0.0827. The van der Waals surface area contributed by atoms with Crippen molar-refractivity contribution >= 4 is 27.3 Å². The van der Waals surface area contributed by atoms with Crippen LogP contribution in [0.15, 0.2) is 42.5 Å². The van der Waals surface area contributed by atoms with Crippen molar-refractivity contribution in [3.05, 3.63) is 64.3 Å². The first-order chi connectivity index (χ1) is 13.5. The van der Waals surface area contributed by atoms with Crippen molar-refractivity contribution in [2.75, 3.05) is 13.7 Å². The number of hydrogen-bond donors (Lipinski definition) is 1. The lowest BCUT2D eigenvalue weighted by molar-refractivity contribution is -0.0498. The van der Waals surface area contributed by atoms with Crippen molar-refractivity contribution in [3.8, 4) is 5.75 Å². The molecule has 0 saturated carbocycles. The van der Waals surface area contributed by atoms with Crippen LogP contribution in [-0.4, -0.2) is 26.2 Å². The van der Waals surface area contributed by atoms with Crippen molar-refractivity contribution in [1.82, 2.24) is 5.32 Å². The molecule has 1 amide bonds. The summed E-state index contributed by atoms with van der Waals surface area (Å²) in [7, 11) is 1.49. The maximum atomic E-state index is 14.2. The maximum absolute atomic E-state index is 14.2. The molecule has 1 N–H and O–H groups in total. The Hall–Kier alpha value is -2.58. The van der Waals surface area contributed by atoms with Gasteiger partial charge in [0.25, 0.3) is 5.91 Å². The van der Waals surface area contributed by atoms with Gasteiger partial charge in [-0.3, -0.25) is 4.79 Å². The maximum Gasteiger partial charge on any atom is 0.387 e. The van der Waals surface area contributed by atoms with Gasteiger partial charge in [0.2, 0.25) is 0 Å². The van der Waals surface area contributed by atoms with Gasteiger partial charge < -0.3 is 14.8 Å². The van der Waals surface area contributed by atoms with E-state index in [9.17, 15) is 18.0 Å². The van der Waals surface area contributed by atoms with Crippen LogP contribution in [0.4, 0.5) is 13.2 Å². The van der Waals surface area contributed by atoms with Gasteiger partial charge in [0, 0.05) is 29.3 Å². The number of thiophene rings is 1. The van der Waals surface area contributed by atoms with Crippen LogP contribution in [0.1, 0.15) is 20.8 Å². The zero-order valence-electron chi connectivity index (χ0n) is 15.0. The first-order valence-corrected chi connectivity index (χ1v) is 9.32. The largest absolute Gasteiger partial charge is 0.435 e. The molecular formula is C20H18F3NO3S. The number of rotatable bonds is 8. The van der Waals surface area contributed by atoms with E-state index in [4.69, 9.17) is 4.74 Å². The lowest BCUT2D eigenvalue weighted by atomic mass is 10.1. The highest BCUT2D eigenvalue weighted by atomic mass is 32.1. The molecule has 2 aromatic carbocycles. The molecule has 0 radical (unpaired) electrons. The third kappa shape index (κ3) is 4.63. The van der Waals surface area contributed by atoms with Crippen molar-refractivity contribution in [2.24, 2.45) is 0 Å². The number of alkyl halides is 2. The Morgan fingerprint density at radius 1 is 1.18 bits per heavy atom. The van der Waals surface area contributed by atoms with Gasteiger partial charge in [-0.1, -0.05) is 18.2 Å². The Morgan fingerprint density at radius 2 is 1.93 bits per heavy atom. The van der Waals surface area contributed by atoms with E-state index >= 15 is 0 Å². The molecule has 28 heavy (non-hydrogen) atoms. The normalized spacial score (nSPS) is 11.2. The average Bonchev–Trinajstić information content (AvgIpc) is 3.03. The number of fused-ring (bicyclic) bond motifs is 1. The molecule has 3 aromatic rings. The van der Waals surface area contributed by atoms with Crippen molar-refractivity contribution in [3.63, 3.8) is 0 Å². The minimum Gasteiger partial charge on any atom is -0.435 e. The average molecular weight is 409 g/mol. The standard InChI is InChI=1S/C20H18F3NO3S/c1-26-11-14-17-15(21)3-2-4-16(17)28-18(14)19(25)24-10-9-12-5-7-13(8-6-12)27-20(22)23/h2-8,20H,9-11H2,1H3,(H,24,25). The molecule has 8 heteroatoms. The molecule has 0 aliphatic rings. The van der Waals surface area contributed by atoms with Crippen LogP contribution in [0.2, 0.25) is 0 Å². The number of ether oxygens (including phenoxy) is 2. The molecule has 0 aliphatic heterocycles. The third-order valence-corrected chi connectivity index (χ3v) is 5.30. The van der Waals surface area contributed by atoms with E-state index in [1.54, 1.807) is 24.3 Å². The van der Waals surface area contributed by atoms with Crippen LogP contribution in [0.25, 0.3) is 10.1 Å². The highest BCUT2D eigenvalue weighted by Gasteiger charge is 2.20. The smallest absolute Gasteiger partial charge is 0.387 e. The van der Waals surface area contributed by atoms with Crippen LogP contribution >= 0.6 is 11.3 Å². The Bertz CT molecular complexity index is 957. The predicted octanol–water partition coefficient (Wildman–Crippen LogP) is 4.76. The second kappa shape index (κ2) is 9.07.